The van der Waals surface area contributed by atoms with Gasteiger partial charge in [-0.2, -0.15) is 0 Å². The molecule has 1 aromatic heterocycles. The summed E-state index contributed by atoms with van der Waals surface area (Å²) < 4.78 is 0. The molecular weight excluding hydrogens is 306 g/mol. The minimum atomic E-state index is 0.367. The third-order valence-corrected chi connectivity index (χ3v) is 5.42. The van der Waals surface area contributed by atoms with Crippen LogP contribution < -0.4 is 10.6 Å². The van der Waals surface area contributed by atoms with Crippen LogP contribution in [-0.2, 0) is 6.42 Å². The predicted molar refractivity (Wildman–Crippen MR) is 101 cm³/mol. The zero-order chi connectivity index (χ0) is 16.8. The van der Waals surface area contributed by atoms with E-state index in [-0.39, 0.29) is 0 Å². The molecule has 1 saturated heterocycles. The molecule has 1 fully saturated rings. The summed E-state index contributed by atoms with van der Waals surface area (Å²) in [6, 6.07) is 5.31. The lowest BCUT2D eigenvalue weighted by Gasteiger charge is -2.38. The second-order valence-corrected chi connectivity index (χ2v) is 7.98. The summed E-state index contributed by atoms with van der Waals surface area (Å²) in [4.78, 5) is 12.0. The van der Waals surface area contributed by atoms with E-state index >= 15 is 0 Å². The highest BCUT2D eigenvalue weighted by Gasteiger charge is 2.22. The van der Waals surface area contributed by atoms with Crippen LogP contribution in [0.2, 0.25) is 0 Å². The number of guanidine groups is 1. The summed E-state index contributed by atoms with van der Waals surface area (Å²) in [5.41, 5.74) is 0. The molecule has 2 atom stereocenters. The van der Waals surface area contributed by atoms with Crippen molar-refractivity contribution in [3.8, 4) is 0 Å². The highest BCUT2D eigenvalue weighted by Crippen LogP contribution is 2.16. The number of piperazine rings is 1. The first-order valence-corrected chi connectivity index (χ1v) is 9.21. The Kier molecular flexibility index (Phi) is 6.87. The van der Waals surface area contributed by atoms with Gasteiger partial charge in [0.1, 0.15) is 0 Å². The first kappa shape index (κ1) is 18.2. The van der Waals surface area contributed by atoms with Gasteiger partial charge in [0.05, 0.1) is 0 Å². The van der Waals surface area contributed by atoms with Gasteiger partial charge in [-0.15, -0.1) is 11.3 Å². The molecule has 0 aromatic carbocycles. The molecule has 2 N–H and O–H groups in total. The smallest absolute Gasteiger partial charge is 0.191 e. The van der Waals surface area contributed by atoms with E-state index in [9.17, 15) is 0 Å². The van der Waals surface area contributed by atoms with E-state index in [1.54, 1.807) is 0 Å². The van der Waals surface area contributed by atoms with Gasteiger partial charge in [-0.05, 0) is 40.1 Å². The number of aliphatic imine (C=N–C) groups is 1. The lowest BCUT2D eigenvalue weighted by Crippen LogP contribution is -2.56. The fraction of sp³-hybridized carbons (Fsp3) is 0.706. The molecular formula is C17H31N5S. The molecule has 2 unspecified atom stereocenters. The van der Waals surface area contributed by atoms with Crippen LogP contribution in [0.15, 0.2) is 17.1 Å². The minimum absolute atomic E-state index is 0.367. The van der Waals surface area contributed by atoms with Crippen molar-refractivity contribution in [2.75, 3.05) is 47.3 Å². The van der Waals surface area contributed by atoms with Gasteiger partial charge in [0.15, 0.2) is 5.96 Å². The molecule has 0 radical (unpaired) electrons. The first-order chi connectivity index (χ1) is 11.0. The molecule has 0 bridgehead atoms. The molecule has 23 heavy (non-hydrogen) atoms. The zero-order valence-corrected chi connectivity index (χ0v) is 15.9. The van der Waals surface area contributed by atoms with Crippen molar-refractivity contribution in [2.24, 2.45) is 4.99 Å². The Morgan fingerprint density at radius 2 is 2.17 bits per heavy atom. The van der Waals surface area contributed by atoms with Gasteiger partial charge in [-0.1, -0.05) is 0 Å². The van der Waals surface area contributed by atoms with E-state index in [2.05, 4.69) is 65.5 Å². The lowest BCUT2D eigenvalue weighted by atomic mass is 10.2. The van der Waals surface area contributed by atoms with Crippen molar-refractivity contribution in [2.45, 2.75) is 32.4 Å². The van der Waals surface area contributed by atoms with Gasteiger partial charge in [0.25, 0.3) is 0 Å². The number of hydrogen-bond donors (Lipinski definition) is 2. The maximum absolute atomic E-state index is 4.37. The van der Waals surface area contributed by atoms with Gasteiger partial charge in [0.2, 0.25) is 0 Å². The highest BCUT2D eigenvalue weighted by atomic mass is 32.1. The van der Waals surface area contributed by atoms with Gasteiger partial charge in [-0.25, -0.2) is 0 Å². The number of thiophene rings is 1. The van der Waals surface area contributed by atoms with Crippen molar-refractivity contribution in [1.82, 2.24) is 20.4 Å². The van der Waals surface area contributed by atoms with Crippen molar-refractivity contribution >= 4 is 17.3 Å². The summed E-state index contributed by atoms with van der Waals surface area (Å²) in [6.45, 7) is 8.67. The molecule has 5 nitrogen and oxygen atoms in total. The second-order valence-electron chi connectivity index (χ2n) is 6.61. The van der Waals surface area contributed by atoms with Crippen LogP contribution in [0.5, 0.6) is 0 Å². The third-order valence-electron chi connectivity index (χ3n) is 4.40. The molecule has 2 rings (SSSR count). The standard InChI is InChI=1S/C17H31N5S/c1-13(10-16-7-6-14(2)23-16)20-17(18-3)19-11-15-12-21(4)8-9-22(15)5/h6-7,13,15H,8-12H2,1-5H3,(H2,18,19,20). The third kappa shape index (κ3) is 5.79. The SMILES string of the molecule is CN=C(NCC1CN(C)CCN1C)NC(C)Cc1ccc(C)s1. The lowest BCUT2D eigenvalue weighted by molar-refractivity contribution is 0.116. The molecule has 2 heterocycles. The van der Waals surface area contributed by atoms with Crippen LogP contribution in [0.4, 0.5) is 0 Å². The molecule has 130 valence electrons. The van der Waals surface area contributed by atoms with E-state index in [4.69, 9.17) is 0 Å². The average Bonchev–Trinajstić information content (AvgIpc) is 2.91. The maximum Gasteiger partial charge on any atom is 0.191 e. The van der Waals surface area contributed by atoms with Crippen LogP contribution in [0.1, 0.15) is 16.7 Å². The van der Waals surface area contributed by atoms with Gasteiger partial charge in [0, 0.05) is 61.5 Å². The van der Waals surface area contributed by atoms with Gasteiger partial charge in [-0.3, -0.25) is 9.89 Å². The monoisotopic (exact) mass is 337 g/mol. The van der Waals surface area contributed by atoms with Crippen molar-refractivity contribution in [3.63, 3.8) is 0 Å². The zero-order valence-electron chi connectivity index (χ0n) is 15.1. The minimum Gasteiger partial charge on any atom is -0.355 e. The highest BCUT2D eigenvalue weighted by molar-refractivity contribution is 7.11. The van der Waals surface area contributed by atoms with Gasteiger partial charge >= 0.3 is 0 Å². The predicted octanol–water partition coefficient (Wildman–Crippen LogP) is 1.40. The topological polar surface area (TPSA) is 42.9 Å². The number of aryl methyl sites for hydroxylation is 1. The fourth-order valence-corrected chi connectivity index (χ4v) is 3.93. The fourth-order valence-electron chi connectivity index (χ4n) is 2.91. The summed E-state index contributed by atoms with van der Waals surface area (Å²) in [5.74, 6) is 0.896. The molecule has 1 aliphatic rings. The van der Waals surface area contributed by atoms with E-state index in [0.29, 0.717) is 12.1 Å². The largest absolute Gasteiger partial charge is 0.355 e. The van der Waals surface area contributed by atoms with Crippen molar-refractivity contribution < 1.29 is 0 Å². The Bertz CT molecular complexity index is 513. The number of likely N-dealkylation sites (N-methyl/N-ethyl adjacent to an activating group) is 2. The van der Waals surface area contributed by atoms with E-state index in [1.165, 1.54) is 9.75 Å². The Hall–Kier alpha value is -1.11. The van der Waals surface area contributed by atoms with E-state index in [0.717, 1.165) is 38.6 Å². The van der Waals surface area contributed by atoms with Crippen LogP contribution in [0, 0.1) is 6.92 Å². The molecule has 1 aromatic rings. The van der Waals surface area contributed by atoms with Crippen molar-refractivity contribution in [1.29, 1.82) is 0 Å². The quantitative estimate of drug-likeness (QED) is 0.630. The average molecular weight is 338 g/mol. The number of nitrogens with zero attached hydrogens (tertiary/aromatic N) is 3. The second kappa shape index (κ2) is 8.66. The van der Waals surface area contributed by atoms with Crippen LogP contribution in [0.3, 0.4) is 0 Å². The molecule has 0 spiro atoms. The maximum atomic E-state index is 4.37. The van der Waals surface area contributed by atoms with Crippen LogP contribution in [-0.4, -0.2) is 75.2 Å². The Labute approximate surface area is 144 Å². The van der Waals surface area contributed by atoms with Crippen LogP contribution >= 0.6 is 11.3 Å². The molecule has 0 amide bonds. The molecule has 0 saturated carbocycles. The van der Waals surface area contributed by atoms with Crippen molar-refractivity contribution in [3.05, 3.63) is 21.9 Å². The van der Waals surface area contributed by atoms with E-state index in [1.807, 2.05) is 18.4 Å². The number of hydrogen-bond acceptors (Lipinski definition) is 4. The first-order valence-electron chi connectivity index (χ1n) is 8.39. The molecule has 6 heteroatoms. The summed E-state index contributed by atoms with van der Waals surface area (Å²) in [5, 5.41) is 6.99. The summed E-state index contributed by atoms with van der Waals surface area (Å²) >= 11 is 1.87. The molecule has 0 aliphatic carbocycles. The Morgan fingerprint density at radius 1 is 1.39 bits per heavy atom. The van der Waals surface area contributed by atoms with Gasteiger partial charge < -0.3 is 15.5 Å². The molecule has 1 aliphatic heterocycles. The number of nitrogens with one attached hydrogen (secondary N) is 2. The Morgan fingerprint density at radius 3 is 2.83 bits per heavy atom. The summed E-state index contributed by atoms with van der Waals surface area (Å²) in [7, 11) is 6.24. The normalized spacial score (nSPS) is 22.1. The Balaban J connectivity index is 1.78. The van der Waals surface area contributed by atoms with Crippen LogP contribution in [0.25, 0.3) is 0 Å². The summed E-state index contributed by atoms with van der Waals surface area (Å²) in [6.07, 6.45) is 1.03. The number of rotatable bonds is 5. The van der Waals surface area contributed by atoms with E-state index < -0.39 is 0 Å².